The fourth-order valence-electron chi connectivity index (χ4n) is 1.53. The van der Waals surface area contributed by atoms with Crippen molar-refractivity contribution in [1.29, 1.82) is 0 Å². The van der Waals surface area contributed by atoms with Crippen LogP contribution in [0.5, 0.6) is 5.75 Å². The normalized spacial score (nSPS) is 10.1. The van der Waals surface area contributed by atoms with Crippen LogP contribution in [0, 0.1) is 15.9 Å². The lowest BCUT2D eigenvalue weighted by molar-refractivity contribution is -0.385. The first-order valence-corrected chi connectivity index (χ1v) is 5.27. The van der Waals surface area contributed by atoms with E-state index < -0.39 is 10.7 Å². The summed E-state index contributed by atoms with van der Waals surface area (Å²) in [5.74, 6) is 0.0586. The maximum atomic E-state index is 13.1. The number of benzene rings is 2. The highest BCUT2D eigenvalue weighted by Gasteiger charge is 2.14. The molecule has 0 radical (unpaired) electrons. The Morgan fingerprint density at radius 2 is 1.89 bits per heavy atom. The van der Waals surface area contributed by atoms with Gasteiger partial charge in [0.2, 0.25) is 0 Å². The molecule has 0 heterocycles. The van der Waals surface area contributed by atoms with Gasteiger partial charge in [-0.2, -0.15) is 0 Å². The molecule has 2 aromatic carbocycles. The Labute approximate surface area is 103 Å². The van der Waals surface area contributed by atoms with Crippen LogP contribution in [0.1, 0.15) is 5.56 Å². The number of nitrogens with zero attached hydrogens (tertiary/aromatic N) is 1. The minimum absolute atomic E-state index is 0.0436. The van der Waals surface area contributed by atoms with Crippen LogP contribution in [0.15, 0.2) is 48.5 Å². The molecule has 0 aliphatic carbocycles. The molecule has 0 unspecified atom stereocenters. The summed E-state index contributed by atoms with van der Waals surface area (Å²) in [6, 6.07) is 12.2. The predicted molar refractivity (Wildman–Crippen MR) is 63.8 cm³/mol. The van der Waals surface area contributed by atoms with Crippen LogP contribution >= 0.6 is 0 Å². The smallest absolute Gasteiger partial charge is 0.276 e. The standard InChI is InChI=1S/C13H10FNO3/c14-11-6-7-13(15(16)17)10(8-11)9-18-12-4-2-1-3-5-12/h1-8H,9H2. The number of rotatable bonds is 4. The Balaban J connectivity index is 2.18. The largest absolute Gasteiger partial charge is 0.489 e. The van der Waals surface area contributed by atoms with Crippen molar-refractivity contribution >= 4 is 5.69 Å². The number of nitro benzene ring substituents is 1. The van der Waals surface area contributed by atoms with Gasteiger partial charge < -0.3 is 4.74 Å². The summed E-state index contributed by atoms with van der Waals surface area (Å²) in [7, 11) is 0. The average Bonchev–Trinajstić information content (AvgIpc) is 2.37. The van der Waals surface area contributed by atoms with Crippen LogP contribution in [0.4, 0.5) is 10.1 Å². The molecule has 18 heavy (non-hydrogen) atoms. The van der Waals surface area contributed by atoms with Crippen molar-refractivity contribution in [3.8, 4) is 5.75 Å². The highest BCUT2D eigenvalue weighted by atomic mass is 19.1. The molecule has 0 bridgehead atoms. The zero-order valence-electron chi connectivity index (χ0n) is 9.38. The molecule has 0 amide bonds. The molecule has 0 atom stereocenters. The third kappa shape index (κ3) is 2.82. The van der Waals surface area contributed by atoms with E-state index in [0.717, 1.165) is 18.2 Å². The third-order valence-electron chi connectivity index (χ3n) is 2.38. The first-order chi connectivity index (χ1) is 8.66. The molecular weight excluding hydrogens is 237 g/mol. The maximum Gasteiger partial charge on any atom is 0.276 e. The molecule has 5 heteroatoms. The highest BCUT2D eigenvalue weighted by Crippen LogP contribution is 2.21. The maximum absolute atomic E-state index is 13.1. The van der Waals surface area contributed by atoms with Crippen molar-refractivity contribution in [2.45, 2.75) is 6.61 Å². The van der Waals surface area contributed by atoms with Crippen LogP contribution in [0.3, 0.4) is 0 Å². The second-order valence-electron chi connectivity index (χ2n) is 3.63. The summed E-state index contributed by atoms with van der Waals surface area (Å²) in [4.78, 5) is 10.2. The monoisotopic (exact) mass is 247 g/mol. The quantitative estimate of drug-likeness (QED) is 0.615. The highest BCUT2D eigenvalue weighted by molar-refractivity contribution is 5.40. The minimum Gasteiger partial charge on any atom is -0.489 e. The zero-order valence-corrected chi connectivity index (χ0v) is 9.38. The van der Waals surface area contributed by atoms with E-state index in [1.165, 1.54) is 0 Å². The van der Waals surface area contributed by atoms with Crippen LogP contribution in [0.25, 0.3) is 0 Å². The SMILES string of the molecule is O=[N+]([O-])c1ccc(F)cc1COc1ccccc1. The van der Waals surface area contributed by atoms with E-state index in [1.54, 1.807) is 24.3 Å². The van der Waals surface area contributed by atoms with Gasteiger partial charge in [-0.15, -0.1) is 0 Å². The van der Waals surface area contributed by atoms with E-state index >= 15 is 0 Å². The summed E-state index contributed by atoms with van der Waals surface area (Å²) in [6.45, 7) is -0.0436. The van der Waals surface area contributed by atoms with Crippen molar-refractivity contribution in [2.24, 2.45) is 0 Å². The molecule has 0 spiro atoms. The number of para-hydroxylation sites is 1. The summed E-state index contributed by atoms with van der Waals surface area (Å²) in [5.41, 5.74) is 0.0659. The molecule has 0 aromatic heterocycles. The third-order valence-corrected chi connectivity index (χ3v) is 2.38. The lowest BCUT2D eigenvalue weighted by atomic mass is 10.2. The summed E-state index contributed by atoms with van der Waals surface area (Å²) in [5, 5.41) is 10.8. The van der Waals surface area contributed by atoms with E-state index in [2.05, 4.69) is 0 Å². The van der Waals surface area contributed by atoms with E-state index in [0.29, 0.717) is 5.75 Å². The number of nitro groups is 1. The van der Waals surface area contributed by atoms with Gasteiger partial charge in [0.05, 0.1) is 10.5 Å². The van der Waals surface area contributed by atoms with Gasteiger partial charge in [0.15, 0.2) is 0 Å². The summed E-state index contributed by atoms with van der Waals surface area (Å²) >= 11 is 0. The number of halogens is 1. The molecule has 0 fully saturated rings. The van der Waals surface area contributed by atoms with Crippen LogP contribution in [-0.2, 0) is 6.61 Å². The van der Waals surface area contributed by atoms with Crippen LogP contribution in [0.2, 0.25) is 0 Å². The van der Waals surface area contributed by atoms with Crippen LogP contribution in [-0.4, -0.2) is 4.92 Å². The Bertz CT molecular complexity index is 557. The Morgan fingerprint density at radius 3 is 2.56 bits per heavy atom. The lowest BCUT2D eigenvalue weighted by Gasteiger charge is -2.06. The van der Waals surface area contributed by atoms with Gasteiger partial charge in [-0.25, -0.2) is 4.39 Å². The van der Waals surface area contributed by atoms with Crippen molar-refractivity contribution in [3.05, 3.63) is 70.0 Å². The summed E-state index contributed by atoms with van der Waals surface area (Å²) < 4.78 is 18.4. The van der Waals surface area contributed by atoms with Crippen molar-refractivity contribution in [1.82, 2.24) is 0 Å². The number of hydrogen-bond donors (Lipinski definition) is 0. The molecule has 0 N–H and O–H groups in total. The minimum atomic E-state index is -0.552. The summed E-state index contributed by atoms with van der Waals surface area (Å²) in [6.07, 6.45) is 0. The zero-order chi connectivity index (χ0) is 13.0. The second kappa shape index (κ2) is 5.27. The molecule has 0 aliphatic rings. The molecule has 4 nitrogen and oxygen atoms in total. The van der Waals surface area contributed by atoms with Crippen molar-refractivity contribution in [2.75, 3.05) is 0 Å². The molecule has 0 aliphatic heterocycles. The molecule has 2 aromatic rings. The Morgan fingerprint density at radius 1 is 1.17 bits per heavy atom. The first-order valence-electron chi connectivity index (χ1n) is 5.27. The number of hydrogen-bond acceptors (Lipinski definition) is 3. The van der Waals surface area contributed by atoms with Gasteiger partial charge in [0.25, 0.3) is 5.69 Å². The molecule has 0 saturated carbocycles. The molecular formula is C13H10FNO3. The van der Waals surface area contributed by atoms with Crippen molar-refractivity contribution in [3.63, 3.8) is 0 Å². The fraction of sp³-hybridized carbons (Fsp3) is 0.0769. The topological polar surface area (TPSA) is 52.4 Å². The van der Waals surface area contributed by atoms with Gasteiger partial charge in [-0.05, 0) is 24.3 Å². The van der Waals surface area contributed by atoms with E-state index in [1.807, 2.05) is 6.07 Å². The second-order valence-corrected chi connectivity index (χ2v) is 3.63. The van der Waals surface area contributed by atoms with Gasteiger partial charge in [0, 0.05) is 6.07 Å². The van der Waals surface area contributed by atoms with Gasteiger partial charge in [-0.3, -0.25) is 10.1 Å². The number of ether oxygens (including phenoxy) is 1. The van der Waals surface area contributed by atoms with Gasteiger partial charge >= 0.3 is 0 Å². The molecule has 92 valence electrons. The Kier molecular flexibility index (Phi) is 3.52. The molecule has 0 saturated heterocycles. The van der Waals surface area contributed by atoms with Crippen LogP contribution < -0.4 is 4.74 Å². The van der Waals surface area contributed by atoms with Gasteiger partial charge in [-0.1, -0.05) is 18.2 Å². The first kappa shape index (κ1) is 12.0. The molecule has 2 rings (SSSR count). The predicted octanol–water partition coefficient (Wildman–Crippen LogP) is 3.31. The fourth-order valence-corrected chi connectivity index (χ4v) is 1.53. The van der Waals surface area contributed by atoms with Gasteiger partial charge in [0.1, 0.15) is 18.2 Å². The lowest BCUT2D eigenvalue weighted by Crippen LogP contribution is -2.01. The van der Waals surface area contributed by atoms with E-state index in [-0.39, 0.29) is 17.9 Å². The average molecular weight is 247 g/mol. The van der Waals surface area contributed by atoms with E-state index in [9.17, 15) is 14.5 Å². The van der Waals surface area contributed by atoms with Crippen molar-refractivity contribution < 1.29 is 14.1 Å². The van der Waals surface area contributed by atoms with E-state index in [4.69, 9.17) is 4.74 Å². The Hall–Kier alpha value is -2.43.